The van der Waals surface area contributed by atoms with Crippen LogP contribution in [0.3, 0.4) is 0 Å². The molecule has 102 valence electrons. The summed E-state index contributed by atoms with van der Waals surface area (Å²) in [6.07, 6.45) is 5.37. The first kappa shape index (κ1) is 13.2. The van der Waals surface area contributed by atoms with Gasteiger partial charge in [-0.15, -0.1) is 0 Å². The molecule has 2 aliphatic rings. The first-order valence-electron chi connectivity index (χ1n) is 6.89. The molecule has 18 heavy (non-hydrogen) atoms. The summed E-state index contributed by atoms with van der Waals surface area (Å²) in [5, 5.41) is 8.88. The topological polar surface area (TPSA) is 60.9 Å². The molecule has 0 heterocycles. The second-order valence-corrected chi connectivity index (χ2v) is 5.42. The molecule has 0 saturated heterocycles. The molecule has 2 fully saturated rings. The van der Waals surface area contributed by atoms with Gasteiger partial charge in [-0.05, 0) is 38.0 Å². The maximum Gasteiger partial charge on any atom is 0.323 e. The predicted molar refractivity (Wildman–Crippen MR) is 67.3 cm³/mol. The molecule has 0 atom stereocenters. The largest absolute Gasteiger partial charge is 0.480 e. The summed E-state index contributed by atoms with van der Waals surface area (Å²) in [7, 11) is 0. The fraction of sp³-hybridized carbons (Fsp3) is 0.846. The summed E-state index contributed by atoms with van der Waals surface area (Å²) in [6, 6.07) is 0.292. The van der Waals surface area contributed by atoms with E-state index in [-0.39, 0.29) is 12.6 Å². The number of hydrogen-bond donors (Lipinski definition) is 1. The molecule has 0 aromatic carbocycles. The zero-order valence-electron chi connectivity index (χ0n) is 11.0. The van der Waals surface area contributed by atoms with Crippen LogP contribution in [-0.4, -0.2) is 52.6 Å². The van der Waals surface area contributed by atoms with Gasteiger partial charge >= 0.3 is 12.0 Å². The molecule has 2 aliphatic carbocycles. The van der Waals surface area contributed by atoms with E-state index in [4.69, 9.17) is 5.11 Å². The molecule has 5 heteroatoms. The fourth-order valence-electron chi connectivity index (χ4n) is 2.21. The van der Waals surface area contributed by atoms with Crippen molar-refractivity contribution in [3.63, 3.8) is 0 Å². The zero-order valence-corrected chi connectivity index (χ0v) is 11.0. The minimum absolute atomic E-state index is 0.0753. The first-order chi connectivity index (χ1) is 8.61. The molecule has 0 aromatic rings. The number of carboxylic acid groups (broad SMARTS) is 1. The average Bonchev–Trinajstić information content (AvgIpc) is 3.14. The zero-order chi connectivity index (χ0) is 13.1. The molecule has 0 unspecified atom stereocenters. The van der Waals surface area contributed by atoms with Gasteiger partial charge in [0, 0.05) is 19.1 Å². The monoisotopic (exact) mass is 254 g/mol. The number of amides is 2. The van der Waals surface area contributed by atoms with E-state index >= 15 is 0 Å². The van der Waals surface area contributed by atoms with Crippen molar-refractivity contribution in [2.75, 3.05) is 19.6 Å². The number of carbonyl (C=O) groups excluding carboxylic acids is 1. The van der Waals surface area contributed by atoms with Gasteiger partial charge in [-0.25, -0.2) is 4.79 Å². The molecule has 2 rings (SSSR count). The van der Waals surface area contributed by atoms with Crippen molar-refractivity contribution in [3.05, 3.63) is 0 Å². The Labute approximate surface area is 108 Å². The second kappa shape index (κ2) is 5.59. The van der Waals surface area contributed by atoms with Crippen LogP contribution in [0.5, 0.6) is 0 Å². The van der Waals surface area contributed by atoms with Crippen LogP contribution < -0.4 is 0 Å². The minimum Gasteiger partial charge on any atom is -0.480 e. The van der Waals surface area contributed by atoms with Crippen LogP contribution in [0, 0.1) is 5.92 Å². The number of carbonyl (C=O) groups is 2. The molecule has 1 N–H and O–H groups in total. The summed E-state index contributed by atoms with van der Waals surface area (Å²) in [4.78, 5) is 26.6. The molecule has 0 bridgehead atoms. The first-order valence-corrected chi connectivity index (χ1v) is 6.89. The van der Waals surface area contributed by atoms with E-state index in [1.165, 1.54) is 17.7 Å². The van der Waals surface area contributed by atoms with E-state index in [0.29, 0.717) is 18.5 Å². The highest BCUT2D eigenvalue weighted by Gasteiger charge is 2.38. The molecular weight excluding hydrogens is 232 g/mol. The van der Waals surface area contributed by atoms with E-state index in [2.05, 4.69) is 0 Å². The van der Waals surface area contributed by atoms with E-state index in [1.807, 2.05) is 11.8 Å². The molecule has 0 aliphatic heterocycles. The third-order valence-corrected chi connectivity index (χ3v) is 3.48. The maximum absolute atomic E-state index is 12.4. The summed E-state index contributed by atoms with van der Waals surface area (Å²) in [5.41, 5.74) is 0. The Balaban J connectivity index is 1.96. The lowest BCUT2D eigenvalue weighted by molar-refractivity contribution is -0.137. The van der Waals surface area contributed by atoms with Crippen molar-refractivity contribution in [3.8, 4) is 0 Å². The van der Waals surface area contributed by atoms with E-state index < -0.39 is 5.97 Å². The second-order valence-electron chi connectivity index (χ2n) is 5.42. The fourth-order valence-corrected chi connectivity index (χ4v) is 2.21. The van der Waals surface area contributed by atoms with Crippen molar-refractivity contribution in [2.24, 2.45) is 5.92 Å². The summed E-state index contributed by atoms with van der Waals surface area (Å²) in [5.74, 6) is -0.276. The van der Waals surface area contributed by atoms with Gasteiger partial charge in [-0.3, -0.25) is 4.79 Å². The van der Waals surface area contributed by atoms with Crippen LogP contribution in [-0.2, 0) is 4.79 Å². The molecule has 2 saturated carbocycles. The number of rotatable bonds is 7. The van der Waals surface area contributed by atoms with Crippen LogP contribution >= 0.6 is 0 Å². The van der Waals surface area contributed by atoms with Crippen molar-refractivity contribution >= 4 is 12.0 Å². The van der Waals surface area contributed by atoms with Gasteiger partial charge in [0.15, 0.2) is 0 Å². The van der Waals surface area contributed by atoms with Crippen LogP contribution in [0.2, 0.25) is 0 Å². The molecule has 0 aromatic heterocycles. The van der Waals surface area contributed by atoms with Gasteiger partial charge < -0.3 is 14.9 Å². The highest BCUT2D eigenvalue weighted by Crippen LogP contribution is 2.35. The SMILES string of the molecule is CCCN(CC(=O)O)C(=O)N(CC1CC1)C1CC1. The van der Waals surface area contributed by atoms with Crippen LogP contribution in [0.15, 0.2) is 0 Å². The van der Waals surface area contributed by atoms with Crippen molar-refractivity contribution in [1.29, 1.82) is 0 Å². The molecule has 2 amide bonds. The number of carboxylic acids is 1. The smallest absolute Gasteiger partial charge is 0.323 e. The van der Waals surface area contributed by atoms with Crippen molar-refractivity contribution in [2.45, 2.75) is 45.1 Å². The third kappa shape index (κ3) is 3.62. The Kier molecular flexibility index (Phi) is 4.09. The van der Waals surface area contributed by atoms with Gasteiger partial charge in [-0.1, -0.05) is 6.92 Å². The van der Waals surface area contributed by atoms with E-state index in [9.17, 15) is 9.59 Å². The maximum atomic E-state index is 12.4. The van der Waals surface area contributed by atoms with E-state index in [1.54, 1.807) is 0 Å². The summed E-state index contributed by atoms with van der Waals surface area (Å²) < 4.78 is 0. The van der Waals surface area contributed by atoms with Crippen LogP contribution in [0.4, 0.5) is 4.79 Å². The quantitative estimate of drug-likeness (QED) is 0.753. The van der Waals surface area contributed by atoms with Crippen molar-refractivity contribution < 1.29 is 14.7 Å². The van der Waals surface area contributed by atoms with Gasteiger partial charge in [0.05, 0.1) is 0 Å². The third-order valence-electron chi connectivity index (χ3n) is 3.48. The number of hydrogen-bond acceptors (Lipinski definition) is 2. The van der Waals surface area contributed by atoms with E-state index in [0.717, 1.165) is 25.8 Å². The summed E-state index contributed by atoms with van der Waals surface area (Å²) in [6.45, 7) is 3.13. The number of nitrogens with zero attached hydrogens (tertiary/aromatic N) is 2. The molecular formula is C13H22N2O3. The standard InChI is InChI=1S/C13H22N2O3/c1-2-7-14(9-12(16)17)13(18)15(11-5-6-11)8-10-3-4-10/h10-11H,2-9H2,1H3,(H,16,17). The Hall–Kier alpha value is -1.26. The highest BCUT2D eigenvalue weighted by atomic mass is 16.4. The van der Waals surface area contributed by atoms with Crippen molar-refractivity contribution in [1.82, 2.24) is 9.80 Å². The van der Waals surface area contributed by atoms with Gasteiger partial charge in [-0.2, -0.15) is 0 Å². The molecule has 0 radical (unpaired) electrons. The lowest BCUT2D eigenvalue weighted by Crippen LogP contribution is -2.47. The Morgan fingerprint density at radius 1 is 1.22 bits per heavy atom. The summed E-state index contributed by atoms with van der Waals surface area (Å²) >= 11 is 0. The lowest BCUT2D eigenvalue weighted by Gasteiger charge is -2.29. The van der Waals surface area contributed by atoms with Gasteiger partial charge in [0.1, 0.15) is 6.54 Å². The normalized spacial score (nSPS) is 18.5. The van der Waals surface area contributed by atoms with Crippen LogP contribution in [0.25, 0.3) is 0 Å². The van der Waals surface area contributed by atoms with Gasteiger partial charge in [0.25, 0.3) is 0 Å². The lowest BCUT2D eigenvalue weighted by atomic mass is 10.3. The van der Waals surface area contributed by atoms with Gasteiger partial charge in [0.2, 0.25) is 0 Å². The Morgan fingerprint density at radius 2 is 1.89 bits per heavy atom. The number of aliphatic carboxylic acids is 1. The molecule has 5 nitrogen and oxygen atoms in total. The van der Waals surface area contributed by atoms with Crippen LogP contribution in [0.1, 0.15) is 39.0 Å². The Bertz CT molecular complexity index is 324. The Morgan fingerprint density at radius 3 is 2.33 bits per heavy atom. The predicted octanol–water partition coefficient (Wildman–Crippen LogP) is 1.78. The average molecular weight is 254 g/mol. The molecule has 0 spiro atoms. The minimum atomic E-state index is -0.932. The highest BCUT2D eigenvalue weighted by molar-refractivity contribution is 5.80. The number of urea groups is 1.